The summed E-state index contributed by atoms with van der Waals surface area (Å²) in [5.74, 6) is 0.877. The van der Waals surface area contributed by atoms with Crippen LogP contribution >= 0.6 is 0 Å². The van der Waals surface area contributed by atoms with Crippen LogP contribution in [0.3, 0.4) is 0 Å². The lowest BCUT2D eigenvalue weighted by Gasteiger charge is -2.42. The second-order valence-corrected chi connectivity index (χ2v) is 8.01. The fourth-order valence-electron chi connectivity index (χ4n) is 4.56. The number of piperidine rings is 1. The van der Waals surface area contributed by atoms with Gasteiger partial charge in [0.1, 0.15) is 5.75 Å². The van der Waals surface area contributed by atoms with Gasteiger partial charge in [0.2, 0.25) is 0 Å². The summed E-state index contributed by atoms with van der Waals surface area (Å²) in [6.45, 7) is 3.09. The van der Waals surface area contributed by atoms with Crippen molar-refractivity contribution >= 4 is 10.8 Å². The minimum Gasteiger partial charge on any atom is -0.497 e. The highest BCUT2D eigenvalue weighted by Gasteiger charge is 2.35. The number of nitrogens with zero attached hydrogens (tertiary/aromatic N) is 2. The number of aliphatic hydroxyl groups excluding tert-OH is 1. The van der Waals surface area contributed by atoms with E-state index < -0.39 is 0 Å². The predicted molar refractivity (Wildman–Crippen MR) is 112 cm³/mol. The van der Waals surface area contributed by atoms with Gasteiger partial charge in [0.15, 0.2) is 0 Å². The first-order valence-corrected chi connectivity index (χ1v) is 9.99. The average Bonchev–Trinajstić information content (AvgIpc) is 2.74. The number of aliphatic hydroxyl groups is 1. The third kappa shape index (κ3) is 4.03. The molecule has 1 atom stereocenters. The van der Waals surface area contributed by atoms with Crippen molar-refractivity contribution in [2.24, 2.45) is 5.41 Å². The Morgan fingerprint density at radius 3 is 2.93 bits per heavy atom. The largest absolute Gasteiger partial charge is 0.497 e. The summed E-state index contributed by atoms with van der Waals surface area (Å²) < 4.78 is 5.37. The molecule has 4 heteroatoms. The molecule has 0 spiro atoms. The van der Waals surface area contributed by atoms with Crippen LogP contribution in [-0.2, 0) is 13.0 Å². The Kier molecular flexibility index (Phi) is 5.60. The van der Waals surface area contributed by atoms with Crippen LogP contribution in [0.2, 0.25) is 0 Å². The molecule has 1 fully saturated rings. The number of pyridine rings is 1. The molecule has 0 saturated carbocycles. The molecule has 1 aliphatic rings. The smallest absolute Gasteiger partial charge is 0.119 e. The van der Waals surface area contributed by atoms with Crippen molar-refractivity contribution in [3.05, 3.63) is 72.1 Å². The Morgan fingerprint density at radius 1 is 1.18 bits per heavy atom. The Balaban J connectivity index is 1.53. The van der Waals surface area contributed by atoms with Crippen molar-refractivity contribution in [1.82, 2.24) is 9.88 Å². The lowest BCUT2D eigenvalue weighted by molar-refractivity contribution is 0.0290. The van der Waals surface area contributed by atoms with Crippen molar-refractivity contribution in [2.45, 2.75) is 25.8 Å². The average molecular weight is 377 g/mol. The van der Waals surface area contributed by atoms with Crippen molar-refractivity contribution < 1.29 is 9.84 Å². The molecule has 3 aromatic rings. The molecule has 4 nitrogen and oxygen atoms in total. The number of hydrogen-bond acceptors (Lipinski definition) is 4. The van der Waals surface area contributed by atoms with E-state index in [0.29, 0.717) is 0 Å². The topological polar surface area (TPSA) is 45.6 Å². The van der Waals surface area contributed by atoms with Crippen LogP contribution in [0, 0.1) is 5.41 Å². The summed E-state index contributed by atoms with van der Waals surface area (Å²) in [4.78, 5) is 6.74. The minimum absolute atomic E-state index is 0.100. The van der Waals surface area contributed by atoms with Crippen LogP contribution in [-0.4, -0.2) is 41.8 Å². The van der Waals surface area contributed by atoms with Crippen LogP contribution in [0.4, 0.5) is 0 Å². The molecular formula is C24H28N2O2. The van der Waals surface area contributed by atoms with Gasteiger partial charge in [0.25, 0.3) is 0 Å². The fraction of sp³-hybridized carbons (Fsp3) is 0.375. The second-order valence-electron chi connectivity index (χ2n) is 8.01. The molecule has 1 saturated heterocycles. The first-order chi connectivity index (χ1) is 13.7. The number of hydrogen-bond donors (Lipinski definition) is 1. The van der Waals surface area contributed by atoms with Gasteiger partial charge in [0, 0.05) is 36.3 Å². The number of rotatable bonds is 6. The third-order valence-corrected chi connectivity index (χ3v) is 5.95. The number of methoxy groups -OCH3 is 1. The van der Waals surface area contributed by atoms with Crippen molar-refractivity contribution in [1.29, 1.82) is 0 Å². The summed E-state index contributed by atoms with van der Waals surface area (Å²) in [5, 5.41) is 12.8. The van der Waals surface area contributed by atoms with Crippen LogP contribution in [0.1, 0.15) is 24.0 Å². The summed E-state index contributed by atoms with van der Waals surface area (Å²) >= 11 is 0. The zero-order valence-electron chi connectivity index (χ0n) is 16.5. The van der Waals surface area contributed by atoms with E-state index in [1.165, 1.54) is 21.9 Å². The Bertz CT molecular complexity index is 937. The van der Waals surface area contributed by atoms with E-state index in [1.807, 2.05) is 24.5 Å². The quantitative estimate of drug-likeness (QED) is 0.705. The van der Waals surface area contributed by atoms with Crippen LogP contribution in [0.5, 0.6) is 5.75 Å². The summed E-state index contributed by atoms with van der Waals surface area (Å²) in [5.41, 5.74) is 2.46. The Hall–Kier alpha value is -2.43. The number of benzene rings is 2. The molecule has 2 aromatic carbocycles. The molecule has 146 valence electrons. The normalized spacial score (nSPS) is 20.4. The van der Waals surface area contributed by atoms with Gasteiger partial charge in [-0.3, -0.25) is 9.88 Å². The van der Waals surface area contributed by atoms with E-state index in [0.717, 1.165) is 44.6 Å². The van der Waals surface area contributed by atoms with E-state index in [-0.39, 0.29) is 12.0 Å². The molecule has 0 radical (unpaired) electrons. The van der Waals surface area contributed by atoms with Gasteiger partial charge in [-0.15, -0.1) is 0 Å². The first-order valence-electron chi connectivity index (χ1n) is 9.99. The zero-order valence-corrected chi connectivity index (χ0v) is 16.5. The maximum atomic E-state index is 10.3. The summed E-state index contributed by atoms with van der Waals surface area (Å²) in [7, 11) is 1.70. The molecule has 0 bridgehead atoms. The second kappa shape index (κ2) is 8.29. The van der Waals surface area contributed by atoms with Crippen LogP contribution < -0.4 is 4.74 Å². The maximum absolute atomic E-state index is 10.3. The van der Waals surface area contributed by atoms with E-state index in [1.54, 1.807) is 7.11 Å². The molecule has 4 rings (SSSR count). The Labute approximate surface area is 166 Å². The number of ether oxygens (including phenoxy) is 1. The number of aromatic nitrogens is 1. The van der Waals surface area contributed by atoms with Crippen molar-refractivity contribution in [2.75, 3.05) is 26.8 Å². The van der Waals surface area contributed by atoms with Crippen LogP contribution in [0.25, 0.3) is 10.8 Å². The minimum atomic E-state index is -0.100. The van der Waals surface area contributed by atoms with Gasteiger partial charge in [0.05, 0.1) is 13.7 Å². The molecular weight excluding hydrogens is 348 g/mol. The molecule has 1 unspecified atom stereocenters. The van der Waals surface area contributed by atoms with Crippen molar-refractivity contribution in [3.8, 4) is 5.75 Å². The molecule has 28 heavy (non-hydrogen) atoms. The molecule has 0 amide bonds. The van der Waals surface area contributed by atoms with E-state index in [9.17, 15) is 5.11 Å². The van der Waals surface area contributed by atoms with Gasteiger partial charge in [-0.1, -0.05) is 30.3 Å². The SMILES string of the molecule is COc1cccc(CC2(CO)CCCN(Cc3cccc4cnccc34)C2)c1. The lowest BCUT2D eigenvalue weighted by atomic mass is 9.75. The molecule has 1 aliphatic heterocycles. The number of fused-ring (bicyclic) bond motifs is 1. The molecule has 1 aromatic heterocycles. The summed E-state index contributed by atoms with van der Waals surface area (Å²) in [6, 6.07) is 16.8. The molecule has 2 heterocycles. The van der Waals surface area contributed by atoms with Crippen LogP contribution in [0.15, 0.2) is 60.9 Å². The summed E-state index contributed by atoms with van der Waals surface area (Å²) in [6.07, 6.45) is 6.82. The lowest BCUT2D eigenvalue weighted by Crippen LogP contribution is -2.46. The predicted octanol–water partition coefficient (Wildman–Crippen LogP) is 4.06. The standard InChI is InChI=1S/C24H28N2O2/c1-28-22-8-2-5-19(13-22)14-24(18-27)10-4-12-26(17-24)16-21-7-3-6-20-15-25-11-9-23(20)21/h2-3,5-9,11,13,15,27H,4,10,12,14,16-18H2,1H3. The molecule has 1 N–H and O–H groups in total. The third-order valence-electron chi connectivity index (χ3n) is 5.95. The fourth-order valence-corrected chi connectivity index (χ4v) is 4.56. The van der Waals surface area contributed by atoms with Gasteiger partial charge in [-0.2, -0.15) is 0 Å². The highest BCUT2D eigenvalue weighted by atomic mass is 16.5. The monoisotopic (exact) mass is 376 g/mol. The highest BCUT2D eigenvalue weighted by molar-refractivity contribution is 5.84. The van der Waals surface area contributed by atoms with Gasteiger partial charge in [-0.25, -0.2) is 0 Å². The van der Waals surface area contributed by atoms with Gasteiger partial charge >= 0.3 is 0 Å². The molecule has 0 aliphatic carbocycles. The van der Waals surface area contributed by atoms with Crippen molar-refractivity contribution in [3.63, 3.8) is 0 Å². The van der Waals surface area contributed by atoms with Gasteiger partial charge < -0.3 is 9.84 Å². The maximum Gasteiger partial charge on any atom is 0.119 e. The van der Waals surface area contributed by atoms with E-state index in [2.05, 4.69) is 46.3 Å². The van der Waals surface area contributed by atoms with E-state index >= 15 is 0 Å². The van der Waals surface area contributed by atoms with E-state index in [4.69, 9.17) is 4.74 Å². The first kappa shape index (κ1) is 18.9. The Morgan fingerprint density at radius 2 is 2.07 bits per heavy atom. The highest BCUT2D eigenvalue weighted by Crippen LogP contribution is 2.35. The zero-order chi connectivity index (χ0) is 19.4. The van der Waals surface area contributed by atoms with Gasteiger partial charge in [-0.05, 0) is 60.5 Å². The number of likely N-dealkylation sites (tertiary alicyclic amines) is 1.